The molecule has 0 radical (unpaired) electrons. The van der Waals surface area contributed by atoms with Gasteiger partial charge in [-0.25, -0.2) is 8.78 Å². The molecule has 16 heavy (non-hydrogen) atoms. The van der Waals surface area contributed by atoms with Crippen molar-refractivity contribution < 1.29 is 8.78 Å². The van der Waals surface area contributed by atoms with E-state index in [-0.39, 0.29) is 5.82 Å². The summed E-state index contributed by atoms with van der Waals surface area (Å²) < 4.78 is 26.7. The maximum absolute atomic E-state index is 13.6. The molecule has 0 spiro atoms. The van der Waals surface area contributed by atoms with Gasteiger partial charge in [-0.2, -0.15) is 0 Å². The van der Waals surface area contributed by atoms with E-state index < -0.39 is 11.6 Å². The highest BCUT2D eigenvalue weighted by Crippen LogP contribution is 2.22. The third kappa shape index (κ3) is 2.82. The Morgan fingerprint density at radius 2 is 1.94 bits per heavy atom. The summed E-state index contributed by atoms with van der Waals surface area (Å²) in [7, 11) is 0. The molecule has 0 saturated heterocycles. The molecule has 0 saturated carbocycles. The maximum Gasteiger partial charge on any atom is 0.141 e. The molecular weight excluding hydrogens is 206 g/mol. The van der Waals surface area contributed by atoms with Crippen LogP contribution in [-0.4, -0.2) is 6.17 Å². The zero-order chi connectivity index (χ0) is 12.3. The normalized spacial score (nSPS) is 12.9. The van der Waals surface area contributed by atoms with E-state index in [9.17, 15) is 8.78 Å². The molecule has 1 atom stereocenters. The van der Waals surface area contributed by atoms with Crippen molar-refractivity contribution in [3.63, 3.8) is 0 Å². The maximum atomic E-state index is 13.6. The van der Waals surface area contributed by atoms with Crippen LogP contribution in [0.5, 0.6) is 0 Å². The summed E-state index contributed by atoms with van der Waals surface area (Å²) >= 11 is 0. The van der Waals surface area contributed by atoms with Crippen LogP contribution in [0.25, 0.3) is 0 Å². The van der Waals surface area contributed by atoms with Crippen LogP contribution < -0.4 is 0 Å². The van der Waals surface area contributed by atoms with E-state index in [0.717, 1.165) is 0 Å². The molecule has 0 N–H and O–H groups in total. The van der Waals surface area contributed by atoms with E-state index in [1.165, 1.54) is 6.92 Å². The van der Waals surface area contributed by atoms with Crippen LogP contribution in [0.15, 0.2) is 18.2 Å². The first-order chi connectivity index (χ1) is 7.34. The fourth-order valence-corrected chi connectivity index (χ4v) is 1.07. The van der Waals surface area contributed by atoms with Gasteiger partial charge in [0.1, 0.15) is 12.0 Å². The molecule has 1 rings (SSSR count). The Bertz CT molecular complexity index is 434. The number of benzene rings is 1. The Kier molecular flexibility index (Phi) is 3.70. The highest BCUT2D eigenvalue weighted by Gasteiger charge is 2.22. The molecule has 0 nitrogen and oxygen atoms in total. The van der Waals surface area contributed by atoms with Crippen LogP contribution in [0, 0.1) is 30.0 Å². The van der Waals surface area contributed by atoms with Gasteiger partial charge in [0.2, 0.25) is 0 Å². The van der Waals surface area contributed by atoms with Crippen molar-refractivity contribution in [3.8, 4) is 11.8 Å². The fourth-order valence-electron chi connectivity index (χ4n) is 1.07. The molecule has 0 aromatic heterocycles. The fraction of sp³-hybridized carbons (Fsp3) is 0.429. The number of hydrogen-bond acceptors (Lipinski definition) is 0. The number of halogens is 2. The molecule has 0 aliphatic rings. The lowest BCUT2D eigenvalue weighted by Crippen LogP contribution is -2.20. The summed E-state index contributed by atoms with van der Waals surface area (Å²) in [5.74, 6) is 5.17. The lowest BCUT2D eigenvalue weighted by Gasteiger charge is -2.18. The van der Waals surface area contributed by atoms with Gasteiger partial charge in [0, 0.05) is 0 Å². The molecule has 0 aliphatic heterocycles. The van der Waals surface area contributed by atoms with Crippen molar-refractivity contribution >= 4 is 0 Å². The number of rotatable bonds is 1. The lowest BCUT2D eigenvalue weighted by molar-refractivity contribution is 0.221. The topological polar surface area (TPSA) is 0 Å². The van der Waals surface area contributed by atoms with Crippen LogP contribution in [0.1, 0.15) is 31.9 Å². The first-order valence-corrected chi connectivity index (χ1v) is 5.27. The third-order valence-corrected chi connectivity index (χ3v) is 2.71. The molecule has 2 heteroatoms. The minimum Gasteiger partial charge on any atom is -0.246 e. The zero-order valence-electron chi connectivity index (χ0n) is 10.1. The number of aryl methyl sites for hydroxylation is 1. The molecular formula is C14H16F2. The summed E-state index contributed by atoms with van der Waals surface area (Å²) in [5, 5.41) is 0. The van der Waals surface area contributed by atoms with E-state index >= 15 is 0 Å². The average molecular weight is 222 g/mol. The highest BCUT2D eigenvalue weighted by molar-refractivity contribution is 5.39. The minimum absolute atomic E-state index is 0.322. The first-order valence-electron chi connectivity index (χ1n) is 5.27. The van der Waals surface area contributed by atoms with Gasteiger partial charge in [0.05, 0.1) is 11.0 Å². The lowest BCUT2D eigenvalue weighted by atomic mass is 9.89. The smallest absolute Gasteiger partial charge is 0.141 e. The third-order valence-electron chi connectivity index (χ3n) is 2.71. The molecule has 86 valence electrons. The van der Waals surface area contributed by atoms with Gasteiger partial charge in [0.15, 0.2) is 0 Å². The van der Waals surface area contributed by atoms with Crippen LogP contribution in [0.2, 0.25) is 0 Å². The molecule has 1 unspecified atom stereocenters. The molecule has 1 aromatic carbocycles. The quantitative estimate of drug-likeness (QED) is 0.633. The van der Waals surface area contributed by atoms with Gasteiger partial charge < -0.3 is 0 Å². The largest absolute Gasteiger partial charge is 0.246 e. The molecule has 0 heterocycles. The van der Waals surface area contributed by atoms with Gasteiger partial charge in [-0.15, -0.1) is 0 Å². The van der Waals surface area contributed by atoms with Crippen molar-refractivity contribution in [1.82, 2.24) is 0 Å². The Balaban J connectivity index is 3.06. The summed E-state index contributed by atoms with van der Waals surface area (Å²) in [6.07, 6.45) is -1.05. The minimum atomic E-state index is -1.05. The van der Waals surface area contributed by atoms with Crippen molar-refractivity contribution in [2.45, 2.75) is 33.9 Å². The first kappa shape index (κ1) is 12.7. The standard InChI is InChI=1S/C14H16F2/c1-10-6-5-7-12(13(10)16)8-9-14(3,4)11(2)15/h5-7,11H,1-4H3. The van der Waals surface area contributed by atoms with E-state index in [1.807, 2.05) is 0 Å². The predicted molar refractivity (Wildman–Crippen MR) is 62.4 cm³/mol. The Labute approximate surface area is 95.7 Å². The number of hydrogen-bond donors (Lipinski definition) is 0. The van der Waals surface area contributed by atoms with Crippen LogP contribution >= 0.6 is 0 Å². The SMILES string of the molecule is Cc1cccc(C#CC(C)(C)C(C)F)c1F. The monoisotopic (exact) mass is 222 g/mol. The van der Waals surface area contributed by atoms with Crippen LogP contribution in [-0.2, 0) is 0 Å². The summed E-state index contributed by atoms with van der Waals surface area (Å²) in [5.41, 5.74) is 0.127. The summed E-state index contributed by atoms with van der Waals surface area (Å²) in [6.45, 7) is 6.56. The Morgan fingerprint density at radius 3 is 2.50 bits per heavy atom. The van der Waals surface area contributed by atoms with Gasteiger partial charge in [-0.1, -0.05) is 24.0 Å². The van der Waals surface area contributed by atoms with Crippen molar-refractivity contribution in [2.24, 2.45) is 5.41 Å². The van der Waals surface area contributed by atoms with Crippen LogP contribution in [0.4, 0.5) is 8.78 Å². The van der Waals surface area contributed by atoms with E-state index in [0.29, 0.717) is 11.1 Å². The second kappa shape index (κ2) is 4.65. The molecule has 1 aromatic rings. The second-order valence-electron chi connectivity index (χ2n) is 4.52. The average Bonchev–Trinajstić information content (AvgIpc) is 2.20. The molecule has 0 fully saturated rings. The van der Waals surface area contributed by atoms with Gasteiger partial charge in [-0.3, -0.25) is 0 Å². The Hall–Kier alpha value is -1.36. The van der Waals surface area contributed by atoms with Crippen molar-refractivity contribution in [3.05, 3.63) is 35.1 Å². The van der Waals surface area contributed by atoms with E-state index in [2.05, 4.69) is 11.8 Å². The highest BCUT2D eigenvalue weighted by atomic mass is 19.1. The molecule has 0 bridgehead atoms. The number of alkyl halides is 1. The van der Waals surface area contributed by atoms with Gasteiger partial charge in [-0.05, 0) is 39.3 Å². The van der Waals surface area contributed by atoms with Crippen molar-refractivity contribution in [2.75, 3.05) is 0 Å². The van der Waals surface area contributed by atoms with E-state index in [4.69, 9.17) is 0 Å². The predicted octanol–water partition coefficient (Wildman–Crippen LogP) is 3.87. The van der Waals surface area contributed by atoms with Gasteiger partial charge >= 0.3 is 0 Å². The molecule has 0 aliphatic carbocycles. The van der Waals surface area contributed by atoms with Crippen LogP contribution in [0.3, 0.4) is 0 Å². The second-order valence-corrected chi connectivity index (χ2v) is 4.52. The molecule has 0 amide bonds. The summed E-state index contributed by atoms with van der Waals surface area (Å²) in [4.78, 5) is 0. The van der Waals surface area contributed by atoms with Crippen molar-refractivity contribution in [1.29, 1.82) is 0 Å². The zero-order valence-corrected chi connectivity index (χ0v) is 10.1. The van der Waals surface area contributed by atoms with E-state index in [1.54, 1.807) is 39.0 Å². The Morgan fingerprint density at radius 1 is 1.31 bits per heavy atom. The summed E-state index contributed by atoms with van der Waals surface area (Å²) in [6, 6.07) is 5.03. The van der Waals surface area contributed by atoms with Gasteiger partial charge in [0.25, 0.3) is 0 Å².